The van der Waals surface area contributed by atoms with Crippen LogP contribution in [0.1, 0.15) is 16.7 Å². The first kappa shape index (κ1) is 19.7. The summed E-state index contributed by atoms with van der Waals surface area (Å²) >= 11 is 0. The highest BCUT2D eigenvalue weighted by molar-refractivity contribution is 5.87. The fourth-order valence-corrected chi connectivity index (χ4v) is 3.31. The first-order valence-electron chi connectivity index (χ1n) is 9.72. The van der Waals surface area contributed by atoms with Crippen molar-refractivity contribution < 1.29 is 9.84 Å². The number of morpholine rings is 1. The molecule has 4 rings (SSSR count). The number of hydrogen-bond acceptors (Lipinski definition) is 5. The zero-order valence-electron chi connectivity index (χ0n) is 16.6. The van der Waals surface area contributed by atoms with Crippen LogP contribution in [-0.4, -0.2) is 57.0 Å². The summed E-state index contributed by atoms with van der Waals surface area (Å²) in [5.74, 6) is 1.20. The van der Waals surface area contributed by atoms with Gasteiger partial charge in [0.1, 0.15) is 5.75 Å². The summed E-state index contributed by atoms with van der Waals surface area (Å²) in [7, 11) is 0. The van der Waals surface area contributed by atoms with E-state index in [9.17, 15) is 5.11 Å². The maximum Gasteiger partial charge on any atom is 0.198 e. The van der Waals surface area contributed by atoms with Crippen molar-refractivity contribution >= 4 is 17.4 Å². The van der Waals surface area contributed by atoms with Gasteiger partial charge in [-0.2, -0.15) is 10.1 Å². The number of hydrogen-bond donors (Lipinski definition) is 2. The summed E-state index contributed by atoms with van der Waals surface area (Å²) in [6, 6.07) is 10.8. The molecule has 0 atom stereocenters. The van der Waals surface area contributed by atoms with Crippen molar-refractivity contribution in [3.05, 3.63) is 78.3 Å². The van der Waals surface area contributed by atoms with Crippen LogP contribution in [0.4, 0.5) is 5.82 Å². The van der Waals surface area contributed by atoms with Gasteiger partial charge in [-0.15, -0.1) is 0 Å². The standard InChI is InChI=1S/C22H24N6O2/c1-16(18-5-2-6-19(29)12-18)20-14-25-28(15-17-4-3-7-24-13-17)21(20)26-22(23)27-8-10-30-11-9-27/h2-7,12-14,29H,1,8-11,15H2,(H2,23,26). The second-order valence-electron chi connectivity index (χ2n) is 7.00. The number of nitrogens with zero attached hydrogens (tertiary/aromatic N) is 5. The molecular formula is C22H24N6O2. The van der Waals surface area contributed by atoms with E-state index in [0.717, 1.165) is 16.7 Å². The Morgan fingerprint density at radius 3 is 2.77 bits per heavy atom. The molecule has 0 saturated carbocycles. The third-order valence-electron chi connectivity index (χ3n) is 4.94. The molecule has 0 unspecified atom stereocenters. The maximum atomic E-state index is 9.86. The van der Waals surface area contributed by atoms with Gasteiger partial charge in [-0.25, -0.2) is 4.68 Å². The summed E-state index contributed by atoms with van der Waals surface area (Å²) in [6.07, 6.45) is 5.26. The summed E-state index contributed by atoms with van der Waals surface area (Å²) in [5, 5.41) is 14.4. The Kier molecular flexibility index (Phi) is 5.76. The molecule has 1 saturated heterocycles. The Morgan fingerprint density at radius 2 is 2.03 bits per heavy atom. The lowest BCUT2D eigenvalue weighted by Crippen LogP contribution is -2.44. The summed E-state index contributed by atoms with van der Waals surface area (Å²) in [4.78, 5) is 10.9. The second-order valence-corrected chi connectivity index (χ2v) is 7.00. The third-order valence-corrected chi connectivity index (χ3v) is 4.94. The minimum atomic E-state index is 0.175. The van der Waals surface area contributed by atoms with Crippen LogP contribution in [0, 0.1) is 0 Å². The van der Waals surface area contributed by atoms with Crippen LogP contribution in [0.25, 0.3) is 5.57 Å². The molecule has 0 radical (unpaired) electrons. The molecule has 8 nitrogen and oxygen atoms in total. The van der Waals surface area contributed by atoms with E-state index >= 15 is 0 Å². The number of aromatic hydroxyl groups is 1. The smallest absolute Gasteiger partial charge is 0.198 e. The highest BCUT2D eigenvalue weighted by Gasteiger charge is 2.18. The van der Waals surface area contributed by atoms with Gasteiger partial charge >= 0.3 is 0 Å². The summed E-state index contributed by atoms with van der Waals surface area (Å²) in [5.41, 5.74) is 9.57. The van der Waals surface area contributed by atoms with Crippen molar-refractivity contribution in [2.75, 3.05) is 26.3 Å². The maximum absolute atomic E-state index is 9.86. The van der Waals surface area contributed by atoms with E-state index in [-0.39, 0.29) is 5.75 Å². The lowest BCUT2D eigenvalue weighted by molar-refractivity contribution is 0.0675. The summed E-state index contributed by atoms with van der Waals surface area (Å²) < 4.78 is 7.19. The molecule has 0 aliphatic carbocycles. The van der Waals surface area contributed by atoms with Gasteiger partial charge in [-0.1, -0.05) is 24.8 Å². The molecule has 3 heterocycles. The van der Waals surface area contributed by atoms with Crippen molar-refractivity contribution in [2.45, 2.75) is 6.54 Å². The van der Waals surface area contributed by atoms with Crippen LogP contribution >= 0.6 is 0 Å². The molecule has 0 bridgehead atoms. The van der Waals surface area contributed by atoms with Crippen molar-refractivity contribution in [1.82, 2.24) is 19.7 Å². The van der Waals surface area contributed by atoms with Crippen molar-refractivity contribution in [3.8, 4) is 5.75 Å². The molecular weight excluding hydrogens is 380 g/mol. The molecule has 154 valence electrons. The Hall–Kier alpha value is -3.65. The van der Waals surface area contributed by atoms with E-state index in [0.29, 0.717) is 50.2 Å². The number of nitrogens with two attached hydrogens (primary N) is 1. The SMILES string of the molecule is C=C(c1cccc(O)c1)c1cnn(Cc2cccnc2)c1/N=C(\N)N1CCOCC1. The van der Waals surface area contributed by atoms with E-state index in [1.54, 1.807) is 41.5 Å². The third kappa shape index (κ3) is 4.33. The average molecular weight is 404 g/mol. The minimum Gasteiger partial charge on any atom is -0.508 e. The summed E-state index contributed by atoms with van der Waals surface area (Å²) in [6.45, 7) is 7.33. The Balaban J connectivity index is 1.73. The van der Waals surface area contributed by atoms with Crippen LogP contribution in [0.15, 0.2) is 66.6 Å². The van der Waals surface area contributed by atoms with Crippen LogP contribution in [0.5, 0.6) is 5.75 Å². The number of aliphatic imine (C=N–C) groups is 1. The van der Waals surface area contributed by atoms with E-state index in [4.69, 9.17) is 15.5 Å². The Morgan fingerprint density at radius 1 is 1.20 bits per heavy atom. The van der Waals surface area contributed by atoms with Gasteiger partial charge in [-0.3, -0.25) is 4.98 Å². The van der Waals surface area contributed by atoms with Gasteiger partial charge < -0.3 is 20.5 Å². The number of phenolic OH excluding ortho intramolecular Hbond substituents is 1. The van der Waals surface area contributed by atoms with Gasteiger partial charge in [0.15, 0.2) is 11.8 Å². The van der Waals surface area contributed by atoms with Gasteiger partial charge in [-0.05, 0) is 34.9 Å². The lowest BCUT2D eigenvalue weighted by atomic mass is 10.0. The number of phenols is 1. The zero-order valence-corrected chi connectivity index (χ0v) is 16.6. The van der Waals surface area contributed by atoms with Gasteiger partial charge in [0.2, 0.25) is 0 Å². The topological polar surface area (TPSA) is 102 Å². The van der Waals surface area contributed by atoms with E-state index in [1.807, 2.05) is 23.1 Å². The second kappa shape index (κ2) is 8.79. The normalized spacial score (nSPS) is 14.7. The van der Waals surface area contributed by atoms with Crippen LogP contribution < -0.4 is 5.73 Å². The average Bonchev–Trinajstić information content (AvgIpc) is 3.16. The van der Waals surface area contributed by atoms with Gasteiger partial charge in [0.05, 0.1) is 26.0 Å². The Bertz CT molecular complexity index is 1050. The minimum absolute atomic E-state index is 0.175. The molecule has 8 heteroatoms. The van der Waals surface area contributed by atoms with E-state index < -0.39 is 0 Å². The number of rotatable bonds is 5. The Labute approximate surface area is 174 Å². The van der Waals surface area contributed by atoms with Crippen LogP contribution in [-0.2, 0) is 11.3 Å². The molecule has 3 aromatic rings. The zero-order chi connectivity index (χ0) is 20.9. The van der Waals surface area contributed by atoms with E-state index in [2.05, 4.69) is 16.7 Å². The van der Waals surface area contributed by atoms with Crippen LogP contribution in [0.3, 0.4) is 0 Å². The number of ether oxygens (including phenoxy) is 1. The van der Waals surface area contributed by atoms with Crippen molar-refractivity contribution in [1.29, 1.82) is 0 Å². The fraction of sp³-hybridized carbons (Fsp3) is 0.227. The largest absolute Gasteiger partial charge is 0.508 e. The highest BCUT2D eigenvalue weighted by Crippen LogP contribution is 2.32. The molecule has 0 spiro atoms. The molecule has 1 aliphatic rings. The molecule has 3 N–H and O–H groups in total. The number of benzene rings is 1. The van der Waals surface area contributed by atoms with Gasteiger partial charge in [0, 0.05) is 31.0 Å². The molecule has 1 fully saturated rings. The van der Waals surface area contributed by atoms with Gasteiger partial charge in [0.25, 0.3) is 0 Å². The number of aromatic nitrogens is 3. The number of pyridine rings is 1. The predicted octanol–water partition coefficient (Wildman–Crippen LogP) is 2.37. The molecule has 1 aromatic carbocycles. The fourth-order valence-electron chi connectivity index (χ4n) is 3.31. The predicted molar refractivity (Wildman–Crippen MR) is 115 cm³/mol. The first-order valence-corrected chi connectivity index (χ1v) is 9.72. The monoisotopic (exact) mass is 404 g/mol. The van der Waals surface area contributed by atoms with E-state index in [1.165, 1.54) is 0 Å². The molecule has 0 amide bonds. The van der Waals surface area contributed by atoms with Crippen molar-refractivity contribution in [2.24, 2.45) is 10.7 Å². The first-order chi connectivity index (χ1) is 14.6. The van der Waals surface area contributed by atoms with Crippen molar-refractivity contribution in [3.63, 3.8) is 0 Å². The highest BCUT2D eigenvalue weighted by atomic mass is 16.5. The molecule has 1 aliphatic heterocycles. The number of guanidine groups is 1. The van der Waals surface area contributed by atoms with Crippen LogP contribution in [0.2, 0.25) is 0 Å². The lowest BCUT2D eigenvalue weighted by Gasteiger charge is -2.27. The molecule has 2 aromatic heterocycles. The molecule has 30 heavy (non-hydrogen) atoms. The quantitative estimate of drug-likeness (QED) is 0.500.